The number of hydrogen-bond acceptors (Lipinski definition) is 5. The Morgan fingerprint density at radius 3 is 1.81 bits per heavy atom. The van der Waals surface area contributed by atoms with Crippen LogP contribution >= 0.6 is 0 Å². The van der Waals surface area contributed by atoms with Crippen LogP contribution in [0, 0.1) is 0 Å². The summed E-state index contributed by atoms with van der Waals surface area (Å²) in [6.07, 6.45) is 13.6. The molecule has 0 unspecified atom stereocenters. The summed E-state index contributed by atoms with van der Waals surface area (Å²) in [5, 5.41) is 29.0. The monoisotopic (exact) mass is 374 g/mol. The van der Waals surface area contributed by atoms with Crippen molar-refractivity contribution >= 4 is 0 Å². The SMILES string of the molecule is CCCCCCCCCCCCCCCOC[C@@H](O)[C@@H]1OC[C@H](O)[C@@H]1O. The molecule has 5 heteroatoms. The van der Waals surface area contributed by atoms with Gasteiger partial charge in [-0.15, -0.1) is 0 Å². The van der Waals surface area contributed by atoms with E-state index >= 15 is 0 Å². The first-order valence-corrected chi connectivity index (χ1v) is 10.9. The van der Waals surface area contributed by atoms with Crippen LogP contribution in [0.2, 0.25) is 0 Å². The second kappa shape index (κ2) is 15.8. The van der Waals surface area contributed by atoms with Gasteiger partial charge in [0, 0.05) is 6.61 Å². The van der Waals surface area contributed by atoms with E-state index in [-0.39, 0.29) is 13.2 Å². The average Bonchev–Trinajstić information content (AvgIpc) is 2.97. The van der Waals surface area contributed by atoms with Crippen LogP contribution in [0.15, 0.2) is 0 Å². The Bertz CT molecular complexity index is 313. The molecule has 0 saturated carbocycles. The summed E-state index contributed by atoms with van der Waals surface area (Å²) in [5.41, 5.74) is 0. The summed E-state index contributed by atoms with van der Waals surface area (Å²) >= 11 is 0. The second-order valence-electron chi connectivity index (χ2n) is 7.74. The molecule has 1 rings (SSSR count). The molecule has 156 valence electrons. The average molecular weight is 375 g/mol. The molecule has 3 N–H and O–H groups in total. The third-order valence-corrected chi connectivity index (χ3v) is 5.25. The molecule has 0 aromatic rings. The van der Waals surface area contributed by atoms with Crippen molar-refractivity contribution < 1.29 is 24.8 Å². The number of rotatable bonds is 17. The molecule has 0 aliphatic carbocycles. The molecule has 26 heavy (non-hydrogen) atoms. The summed E-state index contributed by atoms with van der Waals surface area (Å²) in [4.78, 5) is 0. The van der Waals surface area contributed by atoms with Crippen molar-refractivity contribution in [1.82, 2.24) is 0 Å². The van der Waals surface area contributed by atoms with Crippen molar-refractivity contribution in [2.75, 3.05) is 19.8 Å². The Labute approximate surface area is 160 Å². The van der Waals surface area contributed by atoms with Crippen molar-refractivity contribution in [3.8, 4) is 0 Å². The van der Waals surface area contributed by atoms with E-state index in [1.165, 1.54) is 70.6 Å². The fraction of sp³-hybridized carbons (Fsp3) is 1.00. The molecule has 0 amide bonds. The molecule has 4 atom stereocenters. The summed E-state index contributed by atoms with van der Waals surface area (Å²) in [6, 6.07) is 0. The largest absolute Gasteiger partial charge is 0.388 e. The minimum atomic E-state index is -1.02. The van der Waals surface area contributed by atoms with Gasteiger partial charge >= 0.3 is 0 Å². The van der Waals surface area contributed by atoms with Crippen molar-refractivity contribution in [1.29, 1.82) is 0 Å². The van der Waals surface area contributed by atoms with Crippen LogP contribution < -0.4 is 0 Å². The van der Waals surface area contributed by atoms with Crippen LogP contribution in [0.4, 0.5) is 0 Å². The van der Waals surface area contributed by atoms with Gasteiger partial charge in [-0.05, 0) is 6.42 Å². The first-order chi connectivity index (χ1) is 12.7. The Morgan fingerprint density at radius 1 is 0.846 bits per heavy atom. The maximum Gasteiger partial charge on any atom is 0.114 e. The highest BCUT2D eigenvalue weighted by atomic mass is 16.5. The zero-order valence-electron chi connectivity index (χ0n) is 16.8. The van der Waals surface area contributed by atoms with E-state index in [0.29, 0.717) is 6.61 Å². The quantitative estimate of drug-likeness (QED) is 0.339. The first kappa shape index (κ1) is 23.8. The van der Waals surface area contributed by atoms with Crippen LogP contribution in [0.25, 0.3) is 0 Å². The lowest BCUT2D eigenvalue weighted by Crippen LogP contribution is -2.40. The maximum absolute atomic E-state index is 9.92. The fourth-order valence-electron chi connectivity index (χ4n) is 3.49. The topological polar surface area (TPSA) is 79.2 Å². The molecule has 1 heterocycles. The minimum Gasteiger partial charge on any atom is -0.388 e. The molecular weight excluding hydrogens is 332 g/mol. The third kappa shape index (κ3) is 10.8. The molecule has 0 aromatic carbocycles. The van der Waals surface area contributed by atoms with E-state index in [2.05, 4.69) is 6.92 Å². The zero-order valence-corrected chi connectivity index (χ0v) is 16.8. The first-order valence-electron chi connectivity index (χ1n) is 10.9. The second-order valence-corrected chi connectivity index (χ2v) is 7.74. The summed E-state index contributed by atoms with van der Waals surface area (Å²) < 4.78 is 10.7. The zero-order chi connectivity index (χ0) is 19.0. The van der Waals surface area contributed by atoms with E-state index in [1.54, 1.807) is 0 Å². The molecule has 1 saturated heterocycles. The normalized spacial score (nSPS) is 24.2. The number of aliphatic hydroxyl groups excluding tert-OH is 3. The summed E-state index contributed by atoms with van der Waals surface area (Å²) in [6.45, 7) is 3.10. The van der Waals surface area contributed by atoms with Gasteiger partial charge in [0.05, 0.1) is 13.2 Å². The lowest BCUT2D eigenvalue weighted by Gasteiger charge is -2.20. The molecule has 1 fully saturated rings. The van der Waals surface area contributed by atoms with Crippen molar-refractivity contribution in [2.45, 2.75) is 115 Å². The van der Waals surface area contributed by atoms with Gasteiger partial charge in [-0.3, -0.25) is 0 Å². The molecular formula is C21H42O5. The van der Waals surface area contributed by atoms with Crippen molar-refractivity contribution in [3.05, 3.63) is 0 Å². The van der Waals surface area contributed by atoms with Gasteiger partial charge in [0.2, 0.25) is 0 Å². The van der Waals surface area contributed by atoms with Crippen LogP contribution in [-0.4, -0.2) is 59.6 Å². The highest BCUT2D eigenvalue weighted by Gasteiger charge is 2.39. The Hall–Kier alpha value is -0.200. The van der Waals surface area contributed by atoms with Gasteiger partial charge in [0.1, 0.15) is 24.4 Å². The lowest BCUT2D eigenvalue weighted by molar-refractivity contribution is -0.0813. The lowest BCUT2D eigenvalue weighted by atomic mass is 10.0. The number of hydrogen-bond donors (Lipinski definition) is 3. The minimum absolute atomic E-state index is 0.0712. The highest BCUT2D eigenvalue weighted by Crippen LogP contribution is 2.18. The van der Waals surface area contributed by atoms with E-state index in [4.69, 9.17) is 9.47 Å². The molecule has 0 spiro atoms. The van der Waals surface area contributed by atoms with Crippen LogP contribution in [0.3, 0.4) is 0 Å². The Morgan fingerprint density at radius 2 is 1.35 bits per heavy atom. The fourth-order valence-corrected chi connectivity index (χ4v) is 3.49. The van der Waals surface area contributed by atoms with E-state index < -0.39 is 24.4 Å². The van der Waals surface area contributed by atoms with Gasteiger partial charge < -0.3 is 24.8 Å². The van der Waals surface area contributed by atoms with Crippen LogP contribution in [-0.2, 0) is 9.47 Å². The van der Waals surface area contributed by atoms with E-state index in [0.717, 1.165) is 12.8 Å². The summed E-state index contributed by atoms with van der Waals surface area (Å²) in [7, 11) is 0. The number of aliphatic hydroxyl groups is 3. The van der Waals surface area contributed by atoms with Crippen LogP contribution in [0.5, 0.6) is 0 Å². The molecule has 0 radical (unpaired) electrons. The Kier molecular flexibility index (Phi) is 14.5. The smallest absolute Gasteiger partial charge is 0.114 e. The predicted molar refractivity (Wildman–Crippen MR) is 104 cm³/mol. The van der Waals surface area contributed by atoms with Crippen molar-refractivity contribution in [2.24, 2.45) is 0 Å². The third-order valence-electron chi connectivity index (χ3n) is 5.25. The standard InChI is InChI=1S/C21H42O5/c1-2-3-4-5-6-7-8-9-10-11-12-13-14-15-25-16-19(23)21-20(24)18(22)17-26-21/h18-24H,2-17H2,1H3/t18-,19+,20-,21-/m0/s1. The van der Waals surface area contributed by atoms with Gasteiger partial charge in [0.15, 0.2) is 0 Å². The molecule has 1 aliphatic heterocycles. The van der Waals surface area contributed by atoms with Gasteiger partial charge in [-0.2, -0.15) is 0 Å². The number of ether oxygens (including phenoxy) is 2. The van der Waals surface area contributed by atoms with Gasteiger partial charge in [0.25, 0.3) is 0 Å². The Balaban J connectivity index is 1.78. The molecule has 0 aromatic heterocycles. The maximum atomic E-state index is 9.92. The van der Waals surface area contributed by atoms with Gasteiger partial charge in [-0.25, -0.2) is 0 Å². The highest BCUT2D eigenvalue weighted by molar-refractivity contribution is 4.87. The predicted octanol–water partition coefficient (Wildman–Crippen LogP) is 3.58. The van der Waals surface area contributed by atoms with Gasteiger partial charge in [-0.1, -0.05) is 84.0 Å². The molecule has 5 nitrogen and oxygen atoms in total. The van der Waals surface area contributed by atoms with Crippen LogP contribution in [0.1, 0.15) is 90.4 Å². The number of unbranched alkanes of at least 4 members (excludes halogenated alkanes) is 12. The van der Waals surface area contributed by atoms with Crippen molar-refractivity contribution in [3.63, 3.8) is 0 Å². The summed E-state index contributed by atoms with van der Waals surface area (Å²) in [5.74, 6) is 0. The van der Waals surface area contributed by atoms with E-state index in [1.807, 2.05) is 0 Å². The van der Waals surface area contributed by atoms with E-state index in [9.17, 15) is 15.3 Å². The molecule has 1 aliphatic rings. The molecule has 0 bridgehead atoms.